The van der Waals surface area contributed by atoms with Gasteiger partial charge in [0.15, 0.2) is 5.58 Å². The fourth-order valence-electron chi connectivity index (χ4n) is 2.31. The van der Waals surface area contributed by atoms with Crippen molar-refractivity contribution in [3.63, 3.8) is 0 Å². The summed E-state index contributed by atoms with van der Waals surface area (Å²) in [6.45, 7) is 0. The summed E-state index contributed by atoms with van der Waals surface area (Å²) in [4.78, 5) is 37.1. The number of nitrogens with one attached hydrogen (secondary N) is 2. The molecule has 1 aromatic heterocycles. The average Bonchev–Trinajstić information content (AvgIpc) is 2.94. The van der Waals surface area contributed by atoms with Crippen LogP contribution in [0.2, 0.25) is 0 Å². The third-order valence-corrected chi connectivity index (χ3v) is 3.44. The Balaban J connectivity index is 1.67. The number of anilines is 1. The summed E-state index contributed by atoms with van der Waals surface area (Å²) in [5.74, 6) is -1.18. The maximum Gasteiger partial charge on any atom is 0.417 e. The van der Waals surface area contributed by atoms with Crippen molar-refractivity contribution in [1.82, 2.24) is 4.98 Å². The first kappa shape index (κ1) is 15.5. The van der Waals surface area contributed by atoms with Gasteiger partial charge in [-0.25, -0.2) is 9.59 Å². The van der Waals surface area contributed by atoms with E-state index in [9.17, 15) is 14.4 Å². The number of aromatic amines is 1. The van der Waals surface area contributed by atoms with Crippen LogP contribution < -0.4 is 11.1 Å². The molecule has 0 saturated heterocycles. The molecule has 0 aliphatic rings. The highest BCUT2D eigenvalue weighted by atomic mass is 16.5. The minimum Gasteiger partial charge on any atom is -0.465 e. The fraction of sp³-hybridized carbons (Fsp3) is 0.118. The first-order valence-corrected chi connectivity index (χ1v) is 7.15. The molecule has 1 amide bonds. The summed E-state index contributed by atoms with van der Waals surface area (Å²) in [7, 11) is 1.31. The first-order chi connectivity index (χ1) is 11.5. The number of esters is 1. The lowest BCUT2D eigenvalue weighted by atomic mass is 10.1. The maximum atomic E-state index is 12.1. The standard InChI is InChI=1S/C17H14N2O5/c1-23-16(21)11-3-5-12(6-4-11)18-15(20)9-10-2-7-14-13(8-10)19-17(22)24-14/h2-8H,9H2,1H3,(H,18,20)(H,19,22). The molecule has 0 unspecified atom stereocenters. The molecule has 122 valence electrons. The van der Waals surface area contributed by atoms with Crippen molar-refractivity contribution in [3.05, 3.63) is 64.1 Å². The summed E-state index contributed by atoms with van der Waals surface area (Å²) in [6.07, 6.45) is 0.141. The Kier molecular flexibility index (Phi) is 4.15. The molecule has 24 heavy (non-hydrogen) atoms. The van der Waals surface area contributed by atoms with Crippen molar-refractivity contribution < 1.29 is 18.7 Å². The molecule has 0 fully saturated rings. The molecule has 0 spiro atoms. The van der Waals surface area contributed by atoms with Gasteiger partial charge in [0.1, 0.15) is 0 Å². The number of hydrogen-bond donors (Lipinski definition) is 2. The van der Waals surface area contributed by atoms with E-state index >= 15 is 0 Å². The zero-order chi connectivity index (χ0) is 17.1. The molecule has 1 heterocycles. The summed E-state index contributed by atoms with van der Waals surface area (Å²) in [5.41, 5.74) is 2.72. The molecule has 3 aromatic rings. The van der Waals surface area contributed by atoms with Crippen molar-refractivity contribution in [1.29, 1.82) is 0 Å². The second-order valence-corrected chi connectivity index (χ2v) is 5.14. The number of methoxy groups -OCH3 is 1. The Morgan fingerprint density at radius 2 is 1.92 bits per heavy atom. The van der Waals surface area contributed by atoms with E-state index in [-0.39, 0.29) is 12.3 Å². The van der Waals surface area contributed by atoms with Gasteiger partial charge in [-0.3, -0.25) is 9.78 Å². The molecular weight excluding hydrogens is 312 g/mol. The largest absolute Gasteiger partial charge is 0.465 e. The van der Waals surface area contributed by atoms with E-state index in [0.29, 0.717) is 22.4 Å². The van der Waals surface area contributed by atoms with E-state index in [1.807, 2.05) is 0 Å². The van der Waals surface area contributed by atoms with Crippen LogP contribution in [0.15, 0.2) is 51.7 Å². The second-order valence-electron chi connectivity index (χ2n) is 5.14. The topological polar surface area (TPSA) is 101 Å². The number of fused-ring (bicyclic) bond motifs is 1. The average molecular weight is 326 g/mol. The summed E-state index contributed by atoms with van der Waals surface area (Å²) >= 11 is 0. The van der Waals surface area contributed by atoms with E-state index in [1.165, 1.54) is 7.11 Å². The molecule has 7 nitrogen and oxygen atoms in total. The number of hydrogen-bond acceptors (Lipinski definition) is 5. The third kappa shape index (κ3) is 3.35. The zero-order valence-corrected chi connectivity index (χ0v) is 12.8. The highest BCUT2D eigenvalue weighted by molar-refractivity contribution is 5.94. The smallest absolute Gasteiger partial charge is 0.417 e. The Morgan fingerprint density at radius 3 is 2.62 bits per heavy atom. The van der Waals surface area contributed by atoms with E-state index in [1.54, 1.807) is 42.5 Å². The van der Waals surface area contributed by atoms with Crippen LogP contribution in [-0.4, -0.2) is 24.0 Å². The molecule has 3 rings (SSSR count). The van der Waals surface area contributed by atoms with Gasteiger partial charge in [-0.2, -0.15) is 0 Å². The molecule has 2 aromatic carbocycles. The molecule has 0 atom stereocenters. The van der Waals surface area contributed by atoms with Crippen LogP contribution in [0.25, 0.3) is 11.1 Å². The highest BCUT2D eigenvalue weighted by Crippen LogP contribution is 2.14. The minimum absolute atomic E-state index is 0.141. The first-order valence-electron chi connectivity index (χ1n) is 7.15. The molecule has 0 aliphatic carbocycles. The van der Waals surface area contributed by atoms with Gasteiger partial charge in [0, 0.05) is 5.69 Å². The molecule has 0 bridgehead atoms. The van der Waals surface area contributed by atoms with Crippen molar-refractivity contribution in [2.75, 3.05) is 12.4 Å². The number of ether oxygens (including phenoxy) is 1. The Morgan fingerprint density at radius 1 is 1.17 bits per heavy atom. The van der Waals surface area contributed by atoms with Crippen LogP contribution in [-0.2, 0) is 16.0 Å². The Hall–Kier alpha value is -3.35. The normalized spacial score (nSPS) is 10.5. The van der Waals surface area contributed by atoms with Gasteiger partial charge in [-0.15, -0.1) is 0 Å². The summed E-state index contributed by atoms with van der Waals surface area (Å²) < 4.78 is 9.53. The maximum absolute atomic E-state index is 12.1. The molecule has 0 saturated carbocycles. The predicted molar refractivity (Wildman–Crippen MR) is 86.9 cm³/mol. The van der Waals surface area contributed by atoms with Crippen molar-refractivity contribution in [3.8, 4) is 0 Å². The third-order valence-electron chi connectivity index (χ3n) is 3.44. The van der Waals surface area contributed by atoms with Crippen molar-refractivity contribution in [2.45, 2.75) is 6.42 Å². The summed E-state index contributed by atoms with van der Waals surface area (Å²) in [5, 5.41) is 2.74. The number of carbonyl (C=O) groups excluding carboxylic acids is 2. The lowest BCUT2D eigenvalue weighted by molar-refractivity contribution is -0.115. The molecular formula is C17H14N2O5. The number of oxazole rings is 1. The predicted octanol–water partition coefficient (Wildman–Crippen LogP) is 2.09. The highest BCUT2D eigenvalue weighted by Gasteiger charge is 2.09. The number of rotatable bonds is 4. The van der Waals surface area contributed by atoms with Gasteiger partial charge in [0.2, 0.25) is 5.91 Å². The van der Waals surface area contributed by atoms with Gasteiger partial charge in [0.05, 0.1) is 24.6 Å². The van der Waals surface area contributed by atoms with E-state index < -0.39 is 11.7 Å². The van der Waals surface area contributed by atoms with Crippen molar-refractivity contribution >= 4 is 28.7 Å². The Labute approximate surface area is 136 Å². The number of benzene rings is 2. The lowest BCUT2D eigenvalue weighted by Crippen LogP contribution is -2.14. The van der Waals surface area contributed by atoms with E-state index in [2.05, 4.69) is 15.0 Å². The van der Waals surface area contributed by atoms with Crippen LogP contribution in [0.3, 0.4) is 0 Å². The van der Waals surface area contributed by atoms with Crippen molar-refractivity contribution in [2.24, 2.45) is 0 Å². The van der Waals surface area contributed by atoms with Gasteiger partial charge < -0.3 is 14.5 Å². The van der Waals surface area contributed by atoms with E-state index in [0.717, 1.165) is 5.56 Å². The van der Waals surface area contributed by atoms with Crippen LogP contribution in [0.1, 0.15) is 15.9 Å². The Bertz CT molecular complexity index is 953. The monoisotopic (exact) mass is 326 g/mol. The van der Waals surface area contributed by atoms with Gasteiger partial charge in [-0.1, -0.05) is 6.07 Å². The van der Waals surface area contributed by atoms with Crippen LogP contribution in [0.5, 0.6) is 0 Å². The number of amides is 1. The molecule has 2 N–H and O–H groups in total. The number of aromatic nitrogens is 1. The molecule has 7 heteroatoms. The van der Waals surface area contributed by atoms with Gasteiger partial charge in [-0.05, 0) is 42.0 Å². The minimum atomic E-state index is -0.530. The molecule has 0 aliphatic heterocycles. The summed E-state index contributed by atoms with van der Waals surface area (Å²) in [6, 6.07) is 11.5. The molecule has 0 radical (unpaired) electrons. The van der Waals surface area contributed by atoms with Gasteiger partial charge >= 0.3 is 11.7 Å². The number of H-pyrrole nitrogens is 1. The van der Waals surface area contributed by atoms with E-state index in [4.69, 9.17) is 4.42 Å². The zero-order valence-electron chi connectivity index (χ0n) is 12.8. The van der Waals surface area contributed by atoms with Gasteiger partial charge in [0.25, 0.3) is 0 Å². The van der Waals surface area contributed by atoms with Crippen LogP contribution in [0, 0.1) is 0 Å². The SMILES string of the molecule is COC(=O)c1ccc(NC(=O)Cc2ccc3oc(=O)[nH]c3c2)cc1. The quantitative estimate of drug-likeness (QED) is 0.715. The second kappa shape index (κ2) is 6.41. The lowest BCUT2D eigenvalue weighted by Gasteiger charge is -2.06. The fourth-order valence-corrected chi connectivity index (χ4v) is 2.31. The van der Waals surface area contributed by atoms with Crippen LogP contribution >= 0.6 is 0 Å². The van der Waals surface area contributed by atoms with Crippen LogP contribution in [0.4, 0.5) is 5.69 Å². The number of carbonyl (C=O) groups is 2.